The number of ether oxygens (including phenoxy) is 1. The van der Waals surface area contributed by atoms with Crippen LogP contribution in [-0.4, -0.2) is 69.7 Å². The topological polar surface area (TPSA) is 83.8 Å². The molecule has 170 valence electrons. The summed E-state index contributed by atoms with van der Waals surface area (Å²) in [5.74, 6) is 2.69. The van der Waals surface area contributed by atoms with Gasteiger partial charge in [0.25, 0.3) is 0 Å². The molecule has 9 heteroatoms. The van der Waals surface area contributed by atoms with Crippen LogP contribution in [0.25, 0.3) is 0 Å². The molecule has 8 nitrogen and oxygen atoms in total. The third-order valence-corrected chi connectivity index (χ3v) is 7.02. The first kappa shape index (κ1) is 22.4. The SMILES string of the molecule is COc1ccc(CCNC(=O)CC2CN(C3(C)C=CN=C(n4ccnc4)N3)CCS2)cc1. The lowest BCUT2D eigenvalue weighted by Crippen LogP contribution is -2.62. The van der Waals surface area contributed by atoms with Crippen molar-refractivity contribution in [1.82, 2.24) is 25.1 Å². The summed E-state index contributed by atoms with van der Waals surface area (Å²) in [4.78, 5) is 23.5. The van der Waals surface area contributed by atoms with Crippen molar-refractivity contribution in [3.63, 3.8) is 0 Å². The number of aliphatic imine (C=N–C) groups is 1. The van der Waals surface area contributed by atoms with Crippen LogP contribution in [0.1, 0.15) is 18.9 Å². The molecule has 0 saturated carbocycles. The van der Waals surface area contributed by atoms with Crippen LogP contribution in [0.3, 0.4) is 0 Å². The Labute approximate surface area is 193 Å². The minimum atomic E-state index is -0.356. The molecule has 2 aliphatic rings. The molecule has 32 heavy (non-hydrogen) atoms. The molecule has 2 N–H and O–H groups in total. The zero-order chi connectivity index (χ0) is 22.4. The quantitative estimate of drug-likeness (QED) is 0.667. The van der Waals surface area contributed by atoms with Gasteiger partial charge in [-0.1, -0.05) is 12.1 Å². The number of benzene rings is 1. The van der Waals surface area contributed by atoms with E-state index in [0.29, 0.717) is 13.0 Å². The fourth-order valence-corrected chi connectivity index (χ4v) is 5.15. The summed E-state index contributed by atoms with van der Waals surface area (Å²) < 4.78 is 7.05. The van der Waals surface area contributed by atoms with Gasteiger partial charge in [0.15, 0.2) is 0 Å². The molecule has 1 saturated heterocycles. The fraction of sp³-hybridized carbons (Fsp3) is 0.435. The number of methoxy groups -OCH3 is 1. The molecular weight excluding hydrogens is 424 g/mol. The Morgan fingerprint density at radius 3 is 2.97 bits per heavy atom. The maximum atomic E-state index is 12.6. The van der Waals surface area contributed by atoms with Crippen LogP contribution in [-0.2, 0) is 11.2 Å². The Kier molecular flexibility index (Phi) is 7.16. The van der Waals surface area contributed by atoms with Crippen LogP contribution >= 0.6 is 11.8 Å². The number of hydrogen-bond acceptors (Lipinski definition) is 7. The van der Waals surface area contributed by atoms with Crippen molar-refractivity contribution in [2.24, 2.45) is 4.99 Å². The van der Waals surface area contributed by atoms with Crippen LogP contribution in [0.5, 0.6) is 5.75 Å². The highest BCUT2D eigenvalue weighted by Gasteiger charge is 2.36. The summed E-state index contributed by atoms with van der Waals surface area (Å²) in [5.41, 5.74) is 0.827. The van der Waals surface area contributed by atoms with Gasteiger partial charge >= 0.3 is 0 Å². The molecule has 1 fully saturated rings. The molecular formula is C23H30N6O2S. The number of nitrogens with one attached hydrogen (secondary N) is 2. The summed E-state index contributed by atoms with van der Waals surface area (Å²) in [7, 11) is 1.66. The number of nitrogens with zero attached hydrogens (tertiary/aromatic N) is 4. The predicted molar refractivity (Wildman–Crippen MR) is 128 cm³/mol. The van der Waals surface area contributed by atoms with Crippen molar-refractivity contribution < 1.29 is 9.53 Å². The van der Waals surface area contributed by atoms with Gasteiger partial charge in [-0.25, -0.2) is 9.98 Å². The fourth-order valence-electron chi connectivity index (χ4n) is 3.94. The lowest BCUT2D eigenvalue weighted by molar-refractivity contribution is -0.121. The molecule has 0 radical (unpaired) electrons. The van der Waals surface area contributed by atoms with Crippen LogP contribution in [0.2, 0.25) is 0 Å². The van der Waals surface area contributed by atoms with Crippen LogP contribution in [0, 0.1) is 0 Å². The van der Waals surface area contributed by atoms with Gasteiger partial charge in [0.05, 0.1) is 7.11 Å². The second-order valence-corrected chi connectivity index (χ2v) is 9.51. The standard InChI is InChI=1S/C23H30N6O2S/c1-23(8-10-26-22(27-23)28-12-11-24-17-28)29-13-14-32-20(16-29)15-21(30)25-9-7-18-3-5-19(31-2)6-4-18/h3-6,8,10-12,17,20H,7,9,13-16H2,1-2H3,(H,25,30)(H,26,27). The molecule has 0 spiro atoms. The minimum absolute atomic E-state index is 0.107. The largest absolute Gasteiger partial charge is 0.497 e. The molecule has 1 aromatic heterocycles. The highest BCUT2D eigenvalue weighted by Crippen LogP contribution is 2.27. The van der Waals surface area contributed by atoms with Crippen molar-refractivity contribution in [3.05, 3.63) is 60.8 Å². The Bertz CT molecular complexity index is 959. The summed E-state index contributed by atoms with van der Waals surface area (Å²) in [6, 6.07) is 7.96. The first-order valence-corrected chi connectivity index (χ1v) is 11.9. The lowest BCUT2D eigenvalue weighted by atomic mass is 10.1. The maximum Gasteiger partial charge on any atom is 0.221 e. The van der Waals surface area contributed by atoms with Gasteiger partial charge in [0.1, 0.15) is 17.7 Å². The highest BCUT2D eigenvalue weighted by molar-refractivity contribution is 8.00. The molecule has 2 aromatic rings. The van der Waals surface area contributed by atoms with E-state index < -0.39 is 0 Å². The number of thioether (sulfide) groups is 1. The number of imidazole rings is 1. The predicted octanol–water partition coefficient (Wildman–Crippen LogP) is 2.10. The molecule has 1 amide bonds. The average molecular weight is 455 g/mol. The molecule has 2 atom stereocenters. The van der Waals surface area contributed by atoms with Gasteiger partial charge in [0, 0.05) is 55.7 Å². The Balaban J connectivity index is 1.26. The second kappa shape index (κ2) is 10.2. The average Bonchev–Trinajstić information content (AvgIpc) is 3.35. The van der Waals surface area contributed by atoms with Gasteiger partial charge in [-0.15, -0.1) is 0 Å². The summed E-state index contributed by atoms with van der Waals surface area (Å²) in [6.07, 6.45) is 10.6. The molecule has 0 aliphatic carbocycles. The van der Waals surface area contributed by atoms with E-state index in [0.717, 1.165) is 37.0 Å². The zero-order valence-electron chi connectivity index (χ0n) is 18.5. The Morgan fingerprint density at radius 1 is 1.38 bits per heavy atom. The number of carbonyl (C=O) groups excluding carboxylic acids is 1. The Hall–Kier alpha value is -2.78. The highest BCUT2D eigenvalue weighted by atomic mass is 32.2. The van der Waals surface area contributed by atoms with Crippen LogP contribution in [0.4, 0.5) is 0 Å². The van der Waals surface area contributed by atoms with Gasteiger partial charge in [-0.05, 0) is 37.1 Å². The van der Waals surface area contributed by atoms with E-state index in [1.165, 1.54) is 5.56 Å². The van der Waals surface area contributed by atoms with Crippen LogP contribution < -0.4 is 15.4 Å². The van der Waals surface area contributed by atoms with Gasteiger partial charge in [-0.2, -0.15) is 11.8 Å². The number of rotatable bonds is 7. The normalized spacial score (nSPS) is 23.3. The van der Waals surface area contributed by atoms with Gasteiger partial charge in [-0.3, -0.25) is 14.3 Å². The van der Waals surface area contributed by atoms with Crippen molar-refractivity contribution in [1.29, 1.82) is 0 Å². The van der Waals surface area contributed by atoms with Crippen molar-refractivity contribution in [2.75, 3.05) is 32.5 Å². The van der Waals surface area contributed by atoms with E-state index in [-0.39, 0.29) is 16.8 Å². The third-order valence-electron chi connectivity index (χ3n) is 5.81. The number of aromatic nitrogens is 2. The van der Waals surface area contributed by atoms with Crippen molar-refractivity contribution in [3.8, 4) is 5.75 Å². The molecule has 0 bridgehead atoms. The molecule has 1 aromatic carbocycles. The zero-order valence-corrected chi connectivity index (χ0v) is 19.3. The maximum absolute atomic E-state index is 12.6. The Morgan fingerprint density at radius 2 is 2.22 bits per heavy atom. The molecule has 4 rings (SSSR count). The van der Waals surface area contributed by atoms with Crippen molar-refractivity contribution in [2.45, 2.75) is 30.7 Å². The van der Waals surface area contributed by atoms with E-state index >= 15 is 0 Å². The van der Waals surface area contributed by atoms with E-state index in [9.17, 15) is 4.79 Å². The number of hydrogen-bond donors (Lipinski definition) is 2. The van der Waals surface area contributed by atoms with E-state index in [4.69, 9.17) is 4.74 Å². The van der Waals surface area contributed by atoms with Gasteiger partial charge < -0.3 is 15.4 Å². The smallest absolute Gasteiger partial charge is 0.221 e. The molecule has 2 aliphatic heterocycles. The summed E-state index contributed by atoms with van der Waals surface area (Å²) in [6.45, 7) is 4.57. The molecule has 2 unspecified atom stereocenters. The van der Waals surface area contributed by atoms with E-state index in [1.54, 1.807) is 19.6 Å². The lowest BCUT2D eigenvalue weighted by Gasteiger charge is -2.45. The van der Waals surface area contributed by atoms with E-state index in [1.807, 2.05) is 53.0 Å². The second-order valence-electron chi connectivity index (χ2n) is 8.10. The minimum Gasteiger partial charge on any atom is -0.497 e. The first-order valence-electron chi connectivity index (χ1n) is 10.8. The van der Waals surface area contributed by atoms with Crippen molar-refractivity contribution >= 4 is 23.6 Å². The van der Waals surface area contributed by atoms with Gasteiger partial charge in [0.2, 0.25) is 11.9 Å². The summed E-state index contributed by atoms with van der Waals surface area (Å²) >= 11 is 1.88. The first-order chi connectivity index (χ1) is 15.6. The number of carbonyl (C=O) groups is 1. The third kappa shape index (κ3) is 5.52. The summed E-state index contributed by atoms with van der Waals surface area (Å²) in [5, 5.41) is 6.86. The number of amides is 1. The van der Waals surface area contributed by atoms with E-state index in [2.05, 4.69) is 38.5 Å². The van der Waals surface area contributed by atoms with Crippen LogP contribution in [0.15, 0.2) is 60.3 Å². The molecule has 3 heterocycles. The monoisotopic (exact) mass is 454 g/mol.